The highest BCUT2D eigenvalue weighted by atomic mass is 16.6. The number of alkyl carbamates (subject to hydrolysis) is 1. The first kappa shape index (κ1) is 17.3. The van der Waals surface area contributed by atoms with Gasteiger partial charge in [0.1, 0.15) is 18.0 Å². The van der Waals surface area contributed by atoms with Gasteiger partial charge in [0.05, 0.1) is 0 Å². The number of hydrogen-bond donors (Lipinski definition) is 3. The van der Waals surface area contributed by atoms with Crippen LogP contribution in [0, 0.1) is 0 Å². The van der Waals surface area contributed by atoms with Crippen molar-refractivity contribution in [2.75, 3.05) is 31.5 Å². The van der Waals surface area contributed by atoms with Crippen LogP contribution in [0.2, 0.25) is 0 Å². The molecular weight excluding hydrogens is 360 g/mol. The average Bonchev–Trinajstić information content (AvgIpc) is 3.28. The molecule has 3 aliphatic heterocycles. The van der Waals surface area contributed by atoms with Crippen molar-refractivity contribution in [1.82, 2.24) is 25.4 Å². The van der Waals surface area contributed by atoms with E-state index in [2.05, 4.69) is 30.7 Å². The summed E-state index contributed by atoms with van der Waals surface area (Å²) in [7, 11) is 0. The maximum absolute atomic E-state index is 12.0. The molecule has 148 valence electrons. The number of fused-ring (bicyclic) bond motifs is 4. The van der Waals surface area contributed by atoms with E-state index < -0.39 is 0 Å². The molecule has 2 fully saturated rings. The van der Waals surface area contributed by atoms with Gasteiger partial charge in [0.25, 0.3) is 0 Å². The number of aromatic nitrogens is 3. The first-order valence-electron chi connectivity index (χ1n) is 9.84. The summed E-state index contributed by atoms with van der Waals surface area (Å²) in [6.45, 7) is 3.00. The molecule has 1 aliphatic carbocycles. The van der Waals surface area contributed by atoms with E-state index in [-0.39, 0.29) is 18.3 Å². The van der Waals surface area contributed by atoms with Crippen LogP contribution >= 0.6 is 0 Å². The lowest BCUT2D eigenvalue weighted by Gasteiger charge is -2.38. The molecule has 0 unspecified atom stereocenters. The third-order valence-electron chi connectivity index (χ3n) is 5.58. The van der Waals surface area contributed by atoms with Crippen LogP contribution in [0.15, 0.2) is 24.3 Å². The minimum absolute atomic E-state index is 0.0491. The second-order valence-electron chi connectivity index (χ2n) is 7.66. The molecule has 2 atom stereocenters. The zero-order valence-corrected chi connectivity index (χ0v) is 15.6. The molecule has 9 nitrogen and oxygen atoms in total. The lowest BCUT2D eigenvalue weighted by atomic mass is 10.0. The number of ether oxygens (including phenoxy) is 2. The molecule has 0 spiro atoms. The Bertz CT molecular complexity index is 850. The van der Waals surface area contributed by atoms with Crippen LogP contribution in [0.3, 0.4) is 0 Å². The highest BCUT2D eigenvalue weighted by molar-refractivity contribution is 5.67. The molecule has 6 rings (SSSR count). The Kier molecular flexibility index (Phi) is 4.52. The molecule has 1 saturated heterocycles. The van der Waals surface area contributed by atoms with E-state index in [9.17, 15) is 4.79 Å². The molecule has 8 bridgehead atoms. The number of pyridine rings is 1. The number of hydrogen-bond acceptors (Lipinski definition) is 7. The minimum Gasteiger partial charge on any atom is -0.472 e. The Morgan fingerprint density at radius 3 is 2.96 bits per heavy atom. The van der Waals surface area contributed by atoms with Gasteiger partial charge in [-0.1, -0.05) is 6.07 Å². The summed E-state index contributed by atoms with van der Waals surface area (Å²) < 4.78 is 11.5. The zero-order valence-electron chi connectivity index (χ0n) is 15.6. The fraction of sp³-hybridized carbons (Fsp3) is 0.526. The van der Waals surface area contributed by atoms with E-state index >= 15 is 0 Å². The predicted molar refractivity (Wildman–Crippen MR) is 102 cm³/mol. The van der Waals surface area contributed by atoms with Crippen molar-refractivity contribution in [1.29, 1.82) is 0 Å². The molecule has 1 amide bonds. The maximum Gasteiger partial charge on any atom is 0.407 e. The smallest absolute Gasteiger partial charge is 0.407 e. The summed E-state index contributed by atoms with van der Waals surface area (Å²) >= 11 is 0. The van der Waals surface area contributed by atoms with E-state index in [4.69, 9.17) is 9.47 Å². The monoisotopic (exact) mass is 384 g/mol. The molecule has 0 radical (unpaired) electrons. The molecule has 5 heterocycles. The normalized spacial score (nSPS) is 29.6. The Morgan fingerprint density at radius 2 is 2.04 bits per heavy atom. The summed E-state index contributed by atoms with van der Waals surface area (Å²) in [4.78, 5) is 18.8. The van der Waals surface area contributed by atoms with Gasteiger partial charge in [-0.25, -0.2) is 4.79 Å². The highest BCUT2D eigenvalue weighted by Gasteiger charge is 2.31. The quantitative estimate of drug-likeness (QED) is 0.638. The summed E-state index contributed by atoms with van der Waals surface area (Å²) in [5, 5.41) is 13.5. The number of nitrogens with one attached hydrogen (secondary N) is 3. The molecule has 28 heavy (non-hydrogen) atoms. The lowest BCUT2D eigenvalue weighted by molar-refractivity contribution is 0.0178. The SMILES string of the molecule is O=C1NCCN2CC(C2)Oc2cccc(n2)Nc2cc([nH]n2)[C@H]2CC[C@H](C2)O1. The summed E-state index contributed by atoms with van der Waals surface area (Å²) in [6.07, 6.45) is 2.38. The lowest BCUT2D eigenvalue weighted by Crippen LogP contribution is -2.55. The predicted octanol–water partition coefficient (Wildman–Crippen LogP) is 1.99. The number of H-pyrrole nitrogens is 1. The molecule has 3 N–H and O–H groups in total. The fourth-order valence-electron chi connectivity index (χ4n) is 4.08. The van der Waals surface area contributed by atoms with Gasteiger partial charge >= 0.3 is 6.09 Å². The summed E-state index contributed by atoms with van der Waals surface area (Å²) in [6, 6.07) is 7.68. The fourth-order valence-corrected chi connectivity index (χ4v) is 4.08. The topological polar surface area (TPSA) is 104 Å². The van der Waals surface area contributed by atoms with E-state index in [1.54, 1.807) is 0 Å². The van der Waals surface area contributed by atoms with Gasteiger partial charge in [0.2, 0.25) is 5.88 Å². The van der Waals surface area contributed by atoms with Gasteiger partial charge in [-0.2, -0.15) is 10.1 Å². The number of amides is 1. The van der Waals surface area contributed by atoms with Crippen LogP contribution in [0.25, 0.3) is 0 Å². The molecule has 2 aromatic heterocycles. The summed E-state index contributed by atoms with van der Waals surface area (Å²) in [5.74, 6) is 2.33. The molecular formula is C19H24N6O3. The highest BCUT2D eigenvalue weighted by Crippen LogP contribution is 2.36. The van der Waals surface area contributed by atoms with Crippen LogP contribution in [0.4, 0.5) is 16.4 Å². The van der Waals surface area contributed by atoms with Gasteiger partial charge in [0.15, 0.2) is 5.82 Å². The summed E-state index contributed by atoms with van der Waals surface area (Å²) in [5.41, 5.74) is 1.05. The van der Waals surface area contributed by atoms with Crippen LogP contribution in [0.1, 0.15) is 30.9 Å². The number of anilines is 2. The minimum atomic E-state index is -0.330. The third kappa shape index (κ3) is 3.75. The zero-order chi connectivity index (χ0) is 18.9. The van der Waals surface area contributed by atoms with Crippen LogP contribution < -0.4 is 15.4 Å². The van der Waals surface area contributed by atoms with E-state index in [0.717, 1.165) is 50.4 Å². The van der Waals surface area contributed by atoms with E-state index in [1.165, 1.54) is 0 Å². The molecule has 9 heteroatoms. The number of carbonyl (C=O) groups excluding carboxylic acids is 1. The van der Waals surface area contributed by atoms with Crippen molar-refractivity contribution in [3.8, 4) is 5.88 Å². The van der Waals surface area contributed by atoms with Crippen molar-refractivity contribution < 1.29 is 14.3 Å². The number of carbonyl (C=O) groups is 1. The van der Waals surface area contributed by atoms with Gasteiger partial charge in [-0.15, -0.1) is 0 Å². The van der Waals surface area contributed by atoms with Crippen molar-refractivity contribution in [3.63, 3.8) is 0 Å². The van der Waals surface area contributed by atoms with Gasteiger partial charge in [-0.3, -0.25) is 10.00 Å². The molecule has 2 aromatic rings. The van der Waals surface area contributed by atoms with Crippen LogP contribution in [0.5, 0.6) is 5.88 Å². The van der Waals surface area contributed by atoms with Gasteiger partial charge in [0, 0.05) is 49.9 Å². The third-order valence-corrected chi connectivity index (χ3v) is 5.58. The molecule has 1 saturated carbocycles. The number of aromatic amines is 1. The average molecular weight is 384 g/mol. The van der Waals surface area contributed by atoms with Crippen molar-refractivity contribution in [2.24, 2.45) is 0 Å². The van der Waals surface area contributed by atoms with Crippen molar-refractivity contribution in [3.05, 3.63) is 30.0 Å². The molecule has 4 aliphatic rings. The van der Waals surface area contributed by atoms with Crippen LogP contribution in [-0.2, 0) is 4.74 Å². The van der Waals surface area contributed by atoms with E-state index in [0.29, 0.717) is 24.2 Å². The standard InChI is InChI=1S/C19H24N6O3/c26-19-20-6-7-25-10-14(11-25)27-18-3-1-2-16(22-18)21-17-9-15(23-24-17)12-4-5-13(8-12)28-19/h1-3,9,12-14H,4-8,10-11H2,(H,20,26)(H2,21,22,23,24)/t12-,13+/m0/s1. The number of nitrogens with zero attached hydrogens (tertiary/aromatic N) is 3. The van der Waals surface area contributed by atoms with E-state index in [1.807, 2.05) is 24.3 Å². The Hall–Kier alpha value is -2.81. The second kappa shape index (κ2) is 7.31. The Balaban J connectivity index is 1.34. The largest absolute Gasteiger partial charge is 0.472 e. The van der Waals surface area contributed by atoms with Crippen molar-refractivity contribution >= 4 is 17.7 Å². The van der Waals surface area contributed by atoms with Crippen LogP contribution in [-0.4, -0.2) is 64.6 Å². The molecule has 0 aromatic carbocycles. The Morgan fingerprint density at radius 1 is 1.11 bits per heavy atom. The first-order valence-corrected chi connectivity index (χ1v) is 9.84. The number of rotatable bonds is 0. The maximum atomic E-state index is 12.0. The van der Waals surface area contributed by atoms with Gasteiger partial charge in [-0.05, 0) is 25.3 Å². The second-order valence-corrected chi connectivity index (χ2v) is 7.66. The van der Waals surface area contributed by atoms with Gasteiger partial charge < -0.3 is 20.1 Å². The Labute approximate surface area is 162 Å². The van der Waals surface area contributed by atoms with Crippen molar-refractivity contribution in [2.45, 2.75) is 37.4 Å². The first-order chi connectivity index (χ1) is 13.7.